The van der Waals surface area contributed by atoms with Gasteiger partial charge in [-0.05, 0) is 49.2 Å². The van der Waals surface area contributed by atoms with Gasteiger partial charge in [-0.15, -0.1) is 11.8 Å². The molecule has 1 atom stereocenters. The van der Waals surface area contributed by atoms with Gasteiger partial charge < -0.3 is 10.6 Å². The largest absolute Gasteiger partial charge is 0.349 e. The first-order chi connectivity index (χ1) is 11.5. The molecule has 0 spiro atoms. The topological polar surface area (TPSA) is 71.1 Å². The van der Waals surface area contributed by atoms with Gasteiger partial charge in [-0.25, -0.2) is 0 Å². The van der Waals surface area contributed by atoms with Gasteiger partial charge in [-0.1, -0.05) is 12.1 Å². The van der Waals surface area contributed by atoms with Crippen LogP contribution in [0.4, 0.5) is 5.69 Å². The van der Waals surface area contributed by atoms with Crippen molar-refractivity contribution in [3.63, 3.8) is 0 Å². The molecule has 6 heteroatoms. The number of thioether (sulfide) groups is 1. The lowest BCUT2D eigenvalue weighted by Crippen LogP contribution is -2.28. The third-order valence-electron chi connectivity index (χ3n) is 3.35. The molecule has 126 valence electrons. The van der Waals surface area contributed by atoms with E-state index < -0.39 is 0 Å². The maximum Gasteiger partial charge on any atom is 0.234 e. The van der Waals surface area contributed by atoms with Gasteiger partial charge in [0.15, 0.2) is 0 Å². The highest BCUT2D eigenvalue weighted by molar-refractivity contribution is 8.00. The van der Waals surface area contributed by atoms with Crippen LogP contribution in [0.1, 0.15) is 24.1 Å². The number of nitrogens with zero attached hydrogens (tertiary/aromatic N) is 1. The predicted molar refractivity (Wildman–Crippen MR) is 97.9 cm³/mol. The Morgan fingerprint density at radius 3 is 2.54 bits per heavy atom. The van der Waals surface area contributed by atoms with E-state index in [0.717, 1.165) is 16.8 Å². The van der Waals surface area contributed by atoms with E-state index in [0.29, 0.717) is 0 Å². The van der Waals surface area contributed by atoms with E-state index in [2.05, 4.69) is 15.6 Å². The Morgan fingerprint density at radius 2 is 1.83 bits per heavy atom. The zero-order valence-electron chi connectivity index (χ0n) is 13.8. The molecule has 0 saturated heterocycles. The lowest BCUT2D eigenvalue weighted by Gasteiger charge is -2.13. The quantitative estimate of drug-likeness (QED) is 0.811. The third kappa shape index (κ3) is 6.04. The van der Waals surface area contributed by atoms with Crippen molar-refractivity contribution in [2.45, 2.75) is 19.9 Å². The van der Waals surface area contributed by atoms with Crippen LogP contribution in [0.3, 0.4) is 0 Å². The van der Waals surface area contributed by atoms with Crippen LogP contribution in [0.2, 0.25) is 0 Å². The van der Waals surface area contributed by atoms with Crippen molar-refractivity contribution in [2.75, 3.05) is 16.8 Å². The monoisotopic (exact) mass is 343 g/mol. The summed E-state index contributed by atoms with van der Waals surface area (Å²) in [6, 6.07) is 11.3. The Bertz CT molecular complexity index is 692. The number of pyridine rings is 1. The second-order valence-corrected chi connectivity index (χ2v) is 6.47. The highest BCUT2D eigenvalue weighted by Gasteiger charge is 2.10. The lowest BCUT2D eigenvalue weighted by molar-refractivity contribution is -0.119. The average Bonchev–Trinajstić information content (AvgIpc) is 2.55. The van der Waals surface area contributed by atoms with Crippen LogP contribution in [-0.2, 0) is 9.59 Å². The van der Waals surface area contributed by atoms with E-state index in [1.165, 1.54) is 11.8 Å². The van der Waals surface area contributed by atoms with E-state index in [1.54, 1.807) is 12.4 Å². The maximum atomic E-state index is 11.9. The molecule has 2 rings (SSSR count). The van der Waals surface area contributed by atoms with E-state index in [4.69, 9.17) is 0 Å². The van der Waals surface area contributed by atoms with Crippen LogP contribution in [0.5, 0.6) is 0 Å². The summed E-state index contributed by atoms with van der Waals surface area (Å²) in [7, 11) is 0. The molecule has 0 aliphatic rings. The third-order valence-corrected chi connectivity index (χ3v) is 4.28. The Labute approximate surface area is 146 Å². The number of carbonyl (C=O) groups excluding carboxylic acids is 2. The Hall–Kier alpha value is -2.34. The van der Waals surface area contributed by atoms with Crippen LogP contribution >= 0.6 is 11.8 Å². The first-order valence-electron chi connectivity index (χ1n) is 7.68. The molecule has 5 nitrogen and oxygen atoms in total. The lowest BCUT2D eigenvalue weighted by atomic mass is 10.1. The summed E-state index contributed by atoms with van der Waals surface area (Å²) in [5.41, 5.74) is 2.86. The molecule has 1 aromatic heterocycles. The number of hydrogen-bond acceptors (Lipinski definition) is 4. The minimum atomic E-state index is -0.111. The second kappa shape index (κ2) is 9.08. The summed E-state index contributed by atoms with van der Waals surface area (Å²) >= 11 is 1.29. The zero-order valence-corrected chi connectivity index (χ0v) is 14.6. The Morgan fingerprint density at radius 1 is 1.12 bits per heavy atom. The smallest absolute Gasteiger partial charge is 0.234 e. The summed E-state index contributed by atoms with van der Waals surface area (Å²) in [4.78, 5) is 27.8. The molecule has 0 bridgehead atoms. The number of amides is 2. The van der Waals surface area contributed by atoms with E-state index in [-0.39, 0.29) is 29.4 Å². The van der Waals surface area contributed by atoms with E-state index >= 15 is 0 Å². The molecule has 2 aromatic rings. The van der Waals surface area contributed by atoms with Crippen molar-refractivity contribution in [3.8, 4) is 0 Å². The SMILES string of the molecule is Cc1cccc(NC(=O)CSCC(=O)NC(C)c2ccncc2)c1. The molecule has 1 unspecified atom stereocenters. The number of carbonyl (C=O) groups is 2. The van der Waals surface area contributed by atoms with E-state index in [1.807, 2.05) is 50.2 Å². The predicted octanol–water partition coefficient (Wildman–Crippen LogP) is 2.94. The fraction of sp³-hybridized carbons (Fsp3) is 0.278. The summed E-state index contributed by atoms with van der Waals surface area (Å²) in [6.07, 6.45) is 3.39. The van der Waals surface area contributed by atoms with Crippen LogP contribution in [0, 0.1) is 6.92 Å². The van der Waals surface area contributed by atoms with Crippen molar-refractivity contribution >= 4 is 29.3 Å². The number of rotatable bonds is 7. The molecule has 24 heavy (non-hydrogen) atoms. The number of benzene rings is 1. The number of anilines is 1. The molecule has 2 N–H and O–H groups in total. The standard InChI is InChI=1S/C18H21N3O2S/c1-13-4-3-5-16(10-13)21-18(23)12-24-11-17(22)20-14(2)15-6-8-19-9-7-15/h3-10,14H,11-12H2,1-2H3,(H,20,22)(H,21,23). The number of nitrogens with one attached hydrogen (secondary N) is 2. The van der Waals surface area contributed by atoms with Gasteiger partial charge in [0.25, 0.3) is 0 Å². The molecule has 0 radical (unpaired) electrons. The summed E-state index contributed by atoms with van der Waals surface area (Å²) < 4.78 is 0. The zero-order chi connectivity index (χ0) is 17.4. The minimum absolute atomic E-state index is 0.0813. The van der Waals surface area contributed by atoms with Crippen LogP contribution in [-0.4, -0.2) is 28.3 Å². The van der Waals surface area contributed by atoms with Crippen molar-refractivity contribution in [3.05, 3.63) is 59.9 Å². The number of aryl methyl sites for hydroxylation is 1. The molecule has 0 fully saturated rings. The molecule has 1 heterocycles. The van der Waals surface area contributed by atoms with Gasteiger partial charge in [0.05, 0.1) is 17.5 Å². The molecule has 0 saturated carbocycles. The highest BCUT2D eigenvalue weighted by atomic mass is 32.2. The second-order valence-electron chi connectivity index (χ2n) is 5.48. The molecule has 0 aliphatic carbocycles. The van der Waals surface area contributed by atoms with Gasteiger partial charge in [0.2, 0.25) is 11.8 Å². The Balaban J connectivity index is 1.69. The van der Waals surface area contributed by atoms with Gasteiger partial charge in [0, 0.05) is 18.1 Å². The van der Waals surface area contributed by atoms with Crippen LogP contribution in [0.25, 0.3) is 0 Å². The fourth-order valence-corrected chi connectivity index (χ4v) is 2.80. The summed E-state index contributed by atoms with van der Waals surface area (Å²) in [6.45, 7) is 3.89. The van der Waals surface area contributed by atoms with Gasteiger partial charge in [-0.3, -0.25) is 14.6 Å². The van der Waals surface area contributed by atoms with Crippen LogP contribution in [0.15, 0.2) is 48.8 Å². The molecule has 0 aliphatic heterocycles. The minimum Gasteiger partial charge on any atom is -0.349 e. The van der Waals surface area contributed by atoms with Crippen molar-refractivity contribution in [1.82, 2.24) is 10.3 Å². The molecular formula is C18H21N3O2S. The maximum absolute atomic E-state index is 11.9. The molecular weight excluding hydrogens is 322 g/mol. The van der Waals surface area contributed by atoms with Gasteiger partial charge in [0.1, 0.15) is 0 Å². The van der Waals surface area contributed by atoms with Crippen LogP contribution < -0.4 is 10.6 Å². The van der Waals surface area contributed by atoms with Crippen molar-refractivity contribution in [1.29, 1.82) is 0 Å². The normalized spacial score (nSPS) is 11.6. The first-order valence-corrected chi connectivity index (χ1v) is 8.83. The number of aromatic nitrogens is 1. The Kier molecular flexibility index (Phi) is 6.81. The number of hydrogen-bond donors (Lipinski definition) is 2. The summed E-state index contributed by atoms with van der Waals surface area (Å²) in [5.74, 6) is 0.287. The van der Waals surface area contributed by atoms with Crippen molar-refractivity contribution in [2.24, 2.45) is 0 Å². The van der Waals surface area contributed by atoms with E-state index in [9.17, 15) is 9.59 Å². The average molecular weight is 343 g/mol. The fourth-order valence-electron chi connectivity index (χ4n) is 2.17. The summed E-state index contributed by atoms with van der Waals surface area (Å²) in [5, 5.41) is 5.73. The highest BCUT2D eigenvalue weighted by Crippen LogP contribution is 2.12. The van der Waals surface area contributed by atoms with Gasteiger partial charge in [-0.2, -0.15) is 0 Å². The molecule has 1 aromatic carbocycles. The van der Waals surface area contributed by atoms with Gasteiger partial charge >= 0.3 is 0 Å². The first kappa shape index (κ1) is 18.0. The van der Waals surface area contributed by atoms with Crippen molar-refractivity contribution < 1.29 is 9.59 Å². The molecule has 2 amide bonds.